The van der Waals surface area contributed by atoms with Gasteiger partial charge in [-0.15, -0.1) is 0 Å². The SMILES string of the molecule is CN(CCC(Oc1ccc(C(F)(F)c2ccc3c(c2)CCCC3)cc1)c1ccccc1)CC(=O)O. The number of rotatable bonds is 10. The van der Waals surface area contributed by atoms with Gasteiger partial charge in [0.1, 0.15) is 11.9 Å². The van der Waals surface area contributed by atoms with Gasteiger partial charge in [0.05, 0.1) is 6.54 Å². The maximum atomic E-state index is 15.3. The Kier molecular flexibility index (Phi) is 7.81. The van der Waals surface area contributed by atoms with E-state index < -0.39 is 11.9 Å². The molecule has 6 heteroatoms. The molecule has 4 rings (SSSR count). The normalized spacial score (nSPS) is 14.4. The number of ether oxygens (including phenoxy) is 1. The second kappa shape index (κ2) is 11.0. The van der Waals surface area contributed by atoms with E-state index in [1.165, 1.54) is 17.7 Å². The van der Waals surface area contributed by atoms with Crippen LogP contribution in [-0.4, -0.2) is 36.1 Å². The highest BCUT2D eigenvalue weighted by atomic mass is 19.3. The van der Waals surface area contributed by atoms with Gasteiger partial charge in [-0.05, 0) is 79.8 Å². The molecule has 0 saturated heterocycles. The molecule has 1 unspecified atom stereocenters. The zero-order chi connectivity index (χ0) is 24.8. The molecular formula is C29H31F2NO3. The van der Waals surface area contributed by atoms with Crippen molar-refractivity contribution in [2.45, 2.75) is 44.1 Å². The van der Waals surface area contributed by atoms with Crippen LogP contribution in [0.3, 0.4) is 0 Å². The molecule has 4 nitrogen and oxygen atoms in total. The smallest absolute Gasteiger partial charge is 0.317 e. The summed E-state index contributed by atoms with van der Waals surface area (Å²) >= 11 is 0. The van der Waals surface area contributed by atoms with Gasteiger partial charge < -0.3 is 9.84 Å². The van der Waals surface area contributed by atoms with E-state index in [1.54, 1.807) is 36.2 Å². The Morgan fingerprint density at radius 1 is 0.971 bits per heavy atom. The Morgan fingerprint density at radius 2 is 1.63 bits per heavy atom. The number of carboxylic acids is 1. The minimum Gasteiger partial charge on any atom is -0.486 e. The number of carbonyl (C=O) groups is 1. The number of nitrogens with zero attached hydrogens (tertiary/aromatic N) is 1. The predicted octanol–water partition coefficient (Wildman–Crippen LogP) is 6.23. The molecule has 184 valence electrons. The first-order valence-electron chi connectivity index (χ1n) is 12.1. The molecule has 1 aliphatic carbocycles. The summed E-state index contributed by atoms with van der Waals surface area (Å²) in [5.74, 6) is -3.49. The van der Waals surface area contributed by atoms with Crippen molar-refractivity contribution >= 4 is 5.97 Å². The van der Waals surface area contributed by atoms with Gasteiger partial charge in [0.15, 0.2) is 0 Å². The Hall–Kier alpha value is -3.25. The number of carboxylic acid groups (broad SMARTS) is 1. The molecule has 0 radical (unpaired) electrons. The van der Waals surface area contributed by atoms with Gasteiger partial charge in [-0.1, -0.05) is 42.5 Å². The molecule has 35 heavy (non-hydrogen) atoms. The first-order valence-corrected chi connectivity index (χ1v) is 12.1. The van der Waals surface area contributed by atoms with Crippen LogP contribution in [0.5, 0.6) is 5.75 Å². The second-order valence-corrected chi connectivity index (χ2v) is 9.23. The molecule has 1 aliphatic rings. The number of hydrogen-bond acceptors (Lipinski definition) is 3. The van der Waals surface area contributed by atoms with Crippen LogP contribution in [0.2, 0.25) is 0 Å². The number of benzene rings is 3. The summed E-state index contributed by atoms with van der Waals surface area (Å²) in [5.41, 5.74) is 3.11. The predicted molar refractivity (Wildman–Crippen MR) is 132 cm³/mol. The van der Waals surface area contributed by atoms with Crippen LogP contribution in [0.1, 0.15) is 53.2 Å². The molecule has 1 N–H and O–H groups in total. The number of hydrogen-bond donors (Lipinski definition) is 1. The van der Waals surface area contributed by atoms with E-state index in [0.29, 0.717) is 18.7 Å². The van der Waals surface area contributed by atoms with Crippen molar-refractivity contribution in [3.63, 3.8) is 0 Å². The summed E-state index contributed by atoms with van der Waals surface area (Å²) in [5, 5.41) is 9.00. The average molecular weight is 480 g/mol. The van der Waals surface area contributed by atoms with Crippen LogP contribution in [0, 0.1) is 0 Å². The van der Waals surface area contributed by atoms with Crippen LogP contribution in [0.25, 0.3) is 0 Å². The highest BCUT2D eigenvalue weighted by molar-refractivity contribution is 5.69. The van der Waals surface area contributed by atoms with Gasteiger partial charge in [0.25, 0.3) is 5.92 Å². The van der Waals surface area contributed by atoms with Gasteiger partial charge in [-0.3, -0.25) is 9.69 Å². The lowest BCUT2D eigenvalue weighted by atomic mass is 9.88. The molecule has 3 aromatic carbocycles. The molecule has 0 fully saturated rings. The maximum Gasteiger partial charge on any atom is 0.317 e. The van der Waals surface area contributed by atoms with Gasteiger partial charge in [0.2, 0.25) is 0 Å². The molecule has 0 heterocycles. The number of aliphatic carboxylic acids is 1. The van der Waals surface area contributed by atoms with Gasteiger partial charge >= 0.3 is 5.97 Å². The Bertz CT molecular complexity index is 1130. The monoisotopic (exact) mass is 479 g/mol. The van der Waals surface area contributed by atoms with Crippen LogP contribution in [-0.2, 0) is 23.6 Å². The van der Waals surface area contributed by atoms with Crippen molar-refractivity contribution in [2.24, 2.45) is 0 Å². The third-order valence-electron chi connectivity index (χ3n) is 6.56. The van der Waals surface area contributed by atoms with Crippen LogP contribution >= 0.6 is 0 Å². The van der Waals surface area contributed by atoms with E-state index in [0.717, 1.165) is 36.8 Å². The summed E-state index contributed by atoms with van der Waals surface area (Å²) in [7, 11) is 1.74. The molecule has 0 bridgehead atoms. The lowest BCUT2D eigenvalue weighted by Crippen LogP contribution is -2.28. The Labute approximate surface area is 205 Å². The maximum absolute atomic E-state index is 15.3. The molecule has 3 aromatic rings. The summed E-state index contributed by atoms with van der Waals surface area (Å²) < 4.78 is 36.9. The Morgan fingerprint density at radius 3 is 2.31 bits per heavy atom. The standard InChI is InChI=1S/C29H31F2NO3/c1-32(20-28(33)34)18-17-27(22-8-3-2-4-9-22)35-26-15-13-24(14-16-26)29(30,31)25-12-11-21-7-5-6-10-23(21)19-25/h2-4,8-9,11-16,19,27H,5-7,10,17-18,20H2,1H3,(H,33,34). The van der Waals surface area contributed by atoms with Crippen molar-refractivity contribution in [1.29, 1.82) is 0 Å². The fourth-order valence-corrected chi connectivity index (χ4v) is 4.61. The average Bonchev–Trinajstić information content (AvgIpc) is 2.86. The zero-order valence-corrected chi connectivity index (χ0v) is 19.9. The van der Waals surface area contributed by atoms with E-state index in [1.807, 2.05) is 36.4 Å². The zero-order valence-electron chi connectivity index (χ0n) is 19.9. The highest BCUT2D eigenvalue weighted by Crippen LogP contribution is 2.38. The third kappa shape index (κ3) is 6.25. The van der Waals surface area contributed by atoms with E-state index in [4.69, 9.17) is 9.84 Å². The van der Waals surface area contributed by atoms with Crippen LogP contribution in [0.4, 0.5) is 8.78 Å². The fourth-order valence-electron chi connectivity index (χ4n) is 4.61. The van der Waals surface area contributed by atoms with E-state index in [9.17, 15) is 4.79 Å². The van der Waals surface area contributed by atoms with E-state index >= 15 is 8.78 Å². The summed E-state index contributed by atoms with van der Waals surface area (Å²) in [6, 6.07) is 20.7. The number of fused-ring (bicyclic) bond motifs is 1. The number of alkyl halides is 2. The number of likely N-dealkylation sites (N-methyl/N-ethyl adjacent to an activating group) is 1. The Balaban J connectivity index is 1.49. The van der Waals surface area contributed by atoms with Gasteiger partial charge in [0, 0.05) is 24.1 Å². The largest absolute Gasteiger partial charge is 0.486 e. The number of halogens is 2. The number of aryl methyl sites for hydroxylation is 2. The van der Waals surface area contributed by atoms with Crippen LogP contribution in [0.15, 0.2) is 72.8 Å². The summed E-state index contributed by atoms with van der Waals surface area (Å²) in [6.45, 7) is 0.453. The summed E-state index contributed by atoms with van der Waals surface area (Å²) in [4.78, 5) is 12.7. The van der Waals surface area contributed by atoms with Crippen molar-refractivity contribution in [2.75, 3.05) is 20.1 Å². The van der Waals surface area contributed by atoms with Crippen molar-refractivity contribution in [3.05, 3.63) is 101 Å². The first kappa shape index (κ1) is 24.9. The van der Waals surface area contributed by atoms with Crippen molar-refractivity contribution in [3.8, 4) is 5.75 Å². The lowest BCUT2D eigenvalue weighted by Gasteiger charge is -2.24. The molecule has 0 aliphatic heterocycles. The molecule has 0 amide bonds. The molecule has 0 aromatic heterocycles. The molecule has 0 spiro atoms. The second-order valence-electron chi connectivity index (χ2n) is 9.23. The van der Waals surface area contributed by atoms with Crippen molar-refractivity contribution in [1.82, 2.24) is 4.90 Å². The van der Waals surface area contributed by atoms with Crippen LogP contribution < -0.4 is 4.74 Å². The van der Waals surface area contributed by atoms with Crippen molar-refractivity contribution < 1.29 is 23.4 Å². The molecular weight excluding hydrogens is 448 g/mol. The van der Waals surface area contributed by atoms with Gasteiger partial charge in [-0.2, -0.15) is 8.78 Å². The van der Waals surface area contributed by atoms with Gasteiger partial charge in [-0.25, -0.2) is 0 Å². The minimum atomic E-state index is -3.09. The van der Waals surface area contributed by atoms with E-state index in [-0.39, 0.29) is 23.8 Å². The molecule has 1 atom stereocenters. The fraction of sp³-hybridized carbons (Fsp3) is 0.345. The van der Waals surface area contributed by atoms with E-state index in [2.05, 4.69) is 0 Å². The highest BCUT2D eigenvalue weighted by Gasteiger charge is 2.34. The topological polar surface area (TPSA) is 49.8 Å². The third-order valence-corrected chi connectivity index (χ3v) is 6.56. The minimum absolute atomic E-state index is 0.0236. The summed E-state index contributed by atoms with van der Waals surface area (Å²) in [6.07, 6.45) is 4.20. The molecule has 0 saturated carbocycles. The first-order chi connectivity index (χ1) is 16.8. The lowest BCUT2D eigenvalue weighted by molar-refractivity contribution is -0.138. The quantitative estimate of drug-likeness (QED) is 0.374.